The van der Waals surface area contributed by atoms with Crippen LogP contribution in [0.3, 0.4) is 0 Å². The number of halogens is 2. The molecule has 0 atom stereocenters. The lowest BCUT2D eigenvalue weighted by Crippen LogP contribution is -2.32. The van der Waals surface area contributed by atoms with E-state index >= 15 is 0 Å². The smallest absolute Gasteiger partial charge is 0.251 e. The van der Waals surface area contributed by atoms with Crippen LogP contribution in [0.4, 0.5) is 5.69 Å². The van der Waals surface area contributed by atoms with Gasteiger partial charge in [0, 0.05) is 46.1 Å². The second kappa shape index (κ2) is 10.8. The van der Waals surface area contributed by atoms with Crippen molar-refractivity contribution in [2.45, 2.75) is 12.8 Å². The van der Waals surface area contributed by atoms with E-state index in [4.69, 9.17) is 0 Å². The summed E-state index contributed by atoms with van der Waals surface area (Å²) in [4.78, 5) is 35.5. The molecule has 0 fully saturated rings. The van der Waals surface area contributed by atoms with Crippen molar-refractivity contribution in [2.75, 3.05) is 18.4 Å². The van der Waals surface area contributed by atoms with E-state index in [1.165, 1.54) is 0 Å². The molecule has 0 saturated carbocycles. The van der Waals surface area contributed by atoms with Crippen LogP contribution in [-0.2, 0) is 9.59 Å². The summed E-state index contributed by atoms with van der Waals surface area (Å²) in [6.07, 6.45) is 0.323. The highest BCUT2D eigenvalue weighted by Gasteiger charge is 2.07. The summed E-state index contributed by atoms with van der Waals surface area (Å²) in [7, 11) is 0. The van der Waals surface area contributed by atoms with Crippen LogP contribution >= 0.6 is 31.9 Å². The van der Waals surface area contributed by atoms with Gasteiger partial charge in [0.2, 0.25) is 11.8 Å². The molecule has 0 unspecified atom stereocenters. The quantitative estimate of drug-likeness (QED) is 0.522. The van der Waals surface area contributed by atoms with Gasteiger partial charge < -0.3 is 16.0 Å². The van der Waals surface area contributed by atoms with Gasteiger partial charge in [0.25, 0.3) is 5.91 Å². The van der Waals surface area contributed by atoms with Crippen molar-refractivity contribution in [3.8, 4) is 0 Å². The molecule has 2 aromatic carbocycles. The number of hydrogen-bond donors (Lipinski definition) is 3. The first kappa shape index (κ1) is 21.1. The Morgan fingerprint density at radius 3 is 1.85 bits per heavy atom. The van der Waals surface area contributed by atoms with Crippen molar-refractivity contribution in [3.05, 3.63) is 63.0 Å². The normalized spacial score (nSPS) is 10.1. The highest BCUT2D eigenvalue weighted by atomic mass is 79.9. The predicted octanol–water partition coefficient (Wildman–Crippen LogP) is 3.48. The summed E-state index contributed by atoms with van der Waals surface area (Å²) >= 11 is 6.63. The molecule has 8 heteroatoms. The number of carbonyl (C=O) groups is 3. The van der Waals surface area contributed by atoms with E-state index < -0.39 is 0 Å². The molecule has 142 valence electrons. The molecule has 0 aliphatic rings. The Morgan fingerprint density at radius 2 is 1.22 bits per heavy atom. The lowest BCUT2D eigenvalue weighted by atomic mass is 10.2. The van der Waals surface area contributed by atoms with Gasteiger partial charge in [-0.2, -0.15) is 0 Å². The first-order chi connectivity index (χ1) is 12.9. The van der Waals surface area contributed by atoms with Gasteiger partial charge in [-0.1, -0.05) is 31.9 Å². The molecule has 0 bridgehead atoms. The van der Waals surface area contributed by atoms with Crippen LogP contribution in [0, 0.1) is 0 Å². The number of amides is 3. The molecule has 0 radical (unpaired) electrons. The summed E-state index contributed by atoms with van der Waals surface area (Å²) in [6, 6.07) is 14.2. The second-order valence-electron chi connectivity index (χ2n) is 5.67. The molecule has 0 spiro atoms. The Hall–Kier alpha value is -2.19. The maximum absolute atomic E-state index is 11.9. The number of anilines is 1. The predicted molar refractivity (Wildman–Crippen MR) is 111 cm³/mol. The van der Waals surface area contributed by atoms with Crippen LogP contribution in [0.5, 0.6) is 0 Å². The van der Waals surface area contributed by atoms with E-state index in [9.17, 15) is 14.4 Å². The van der Waals surface area contributed by atoms with E-state index in [0.29, 0.717) is 11.3 Å². The molecule has 27 heavy (non-hydrogen) atoms. The van der Waals surface area contributed by atoms with Gasteiger partial charge in [0.15, 0.2) is 0 Å². The highest BCUT2D eigenvalue weighted by Crippen LogP contribution is 2.14. The Bertz CT molecular complexity index is 793. The highest BCUT2D eigenvalue weighted by molar-refractivity contribution is 9.10. The molecule has 3 amide bonds. The van der Waals surface area contributed by atoms with Gasteiger partial charge in [0.05, 0.1) is 0 Å². The van der Waals surface area contributed by atoms with Crippen LogP contribution in [0.15, 0.2) is 57.5 Å². The lowest BCUT2D eigenvalue weighted by Gasteiger charge is -2.08. The van der Waals surface area contributed by atoms with Gasteiger partial charge in [-0.25, -0.2) is 0 Å². The fraction of sp³-hybridized carbons (Fsp3) is 0.211. The average Bonchev–Trinajstić information content (AvgIpc) is 2.64. The Labute approximate surface area is 174 Å². The van der Waals surface area contributed by atoms with Crippen molar-refractivity contribution in [3.63, 3.8) is 0 Å². The van der Waals surface area contributed by atoms with Crippen molar-refractivity contribution >= 4 is 55.3 Å². The zero-order chi connectivity index (χ0) is 19.6. The molecule has 2 rings (SSSR count). The van der Waals surface area contributed by atoms with Crippen LogP contribution in [0.25, 0.3) is 0 Å². The van der Waals surface area contributed by atoms with E-state index in [-0.39, 0.29) is 43.7 Å². The van der Waals surface area contributed by atoms with Crippen LogP contribution in [0.1, 0.15) is 23.2 Å². The Balaban J connectivity index is 1.60. The van der Waals surface area contributed by atoms with Gasteiger partial charge in [-0.3, -0.25) is 14.4 Å². The van der Waals surface area contributed by atoms with Gasteiger partial charge >= 0.3 is 0 Å². The second-order valence-corrected chi connectivity index (χ2v) is 7.50. The van der Waals surface area contributed by atoms with Crippen molar-refractivity contribution in [1.82, 2.24) is 10.6 Å². The molecule has 0 heterocycles. The first-order valence-electron chi connectivity index (χ1n) is 8.30. The summed E-state index contributed by atoms with van der Waals surface area (Å²) < 4.78 is 1.82. The van der Waals surface area contributed by atoms with E-state index in [2.05, 4.69) is 47.8 Å². The minimum Gasteiger partial charge on any atom is -0.356 e. The maximum atomic E-state index is 11.9. The van der Waals surface area contributed by atoms with Crippen LogP contribution < -0.4 is 16.0 Å². The Kier molecular flexibility index (Phi) is 8.47. The Morgan fingerprint density at radius 1 is 0.704 bits per heavy atom. The third-order valence-corrected chi connectivity index (χ3v) is 4.60. The number of rotatable bonds is 8. The third-order valence-electron chi connectivity index (χ3n) is 3.55. The zero-order valence-electron chi connectivity index (χ0n) is 14.4. The minimum atomic E-state index is -0.232. The number of nitrogens with one attached hydrogen (secondary N) is 3. The summed E-state index contributed by atoms with van der Waals surface area (Å²) in [5.41, 5.74) is 1.23. The first-order valence-corrected chi connectivity index (χ1v) is 9.88. The van der Waals surface area contributed by atoms with Gasteiger partial charge in [-0.05, 0) is 48.5 Å². The van der Waals surface area contributed by atoms with Crippen LogP contribution in [0.2, 0.25) is 0 Å². The van der Waals surface area contributed by atoms with Gasteiger partial charge in [-0.15, -0.1) is 0 Å². The molecule has 0 aliphatic carbocycles. The molecule has 3 N–H and O–H groups in total. The third kappa shape index (κ3) is 7.92. The minimum absolute atomic E-state index is 0.149. The maximum Gasteiger partial charge on any atom is 0.251 e. The van der Waals surface area contributed by atoms with E-state index in [1.807, 2.05) is 12.1 Å². The largest absolute Gasteiger partial charge is 0.356 e. The SMILES string of the molecule is O=C(CCNC(=O)c1ccc(Br)cc1)NCCC(=O)Nc1ccc(Br)cc1. The van der Waals surface area contributed by atoms with Crippen molar-refractivity contribution in [1.29, 1.82) is 0 Å². The molecule has 6 nitrogen and oxygen atoms in total. The molecular formula is C19H19Br2N3O3. The van der Waals surface area contributed by atoms with Crippen molar-refractivity contribution < 1.29 is 14.4 Å². The zero-order valence-corrected chi connectivity index (χ0v) is 17.6. The summed E-state index contributed by atoms with van der Waals surface area (Å²) in [6.45, 7) is 0.466. The molecule has 2 aromatic rings. The number of carbonyl (C=O) groups excluding carboxylic acids is 3. The monoisotopic (exact) mass is 495 g/mol. The number of benzene rings is 2. The summed E-state index contributed by atoms with van der Waals surface area (Å²) in [5, 5.41) is 8.10. The fourth-order valence-electron chi connectivity index (χ4n) is 2.15. The van der Waals surface area contributed by atoms with E-state index in [1.54, 1.807) is 36.4 Å². The molecule has 0 aromatic heterocycles. The number of hydrogen-bond acceptors (Lipinski definition) is 3. The topological polar surface area (TPSA) is 87.3 Å². The standard InChI is InChI=1S/C19H19Br2N3O3/c20-14-3-1-13(2-4-14)19(27)23-12-9-17(25)22-11-10-18(26)24-16-7-5-15(21)6-8-16/h1-8H,9-12H2,(H,22,25)(H,23,27)(H,24,26). The van der Waals surface area contributed by atoms with E-state index in [0.717, 1.165) is 8.95 Å². The lowest BCUT2D eigenvalue weighted by molar-refractivity contribution is -0.121. The van der Waals surface area contributed by atoms with Crippen LogP contribution in [-0.4, -0.2) is 30.8 Å². The molecular weight excluding hydrogens is 478 g/mol. The molecule has 0 saturated heterocycles. The summed E-state index contributed by atoms with van der Waals surface area (Å²) in [5.74, 6) is -0.632. The average molecular weight is 497 g/mol. The molecule has 0 aliphatic heterocycles. The fourth-order valence-corrected chi connectivity index (χ4v) is 2.68. The van der Waals surface area contributed by atoms with Gasteiger partial charge in [0.1, 0.15) is 0 Å². The van der Waals surface area contributed by atoms with Crippen molar-refractivity contribution in [2.24, 2.45) is 0 Å².